The Morgan fingerprint density at radius 3 is 2.56 bits per heavy atom. The molecule has 0 aromatic heterocycles. The summed E-state index contributed by atoms with van der Waals surface area (Å²) >= 11 is 0. The van der Waals surface area contributed by atoms with Gasteiger partial charge < -0.3 is 11.1 Å². The molecule has 0 bridgehead atoms. The van der Waals surface area contributed by atoms with Crippen molar-refractivity contribution in [3.8, 4) is 0 Å². The molecule has 2 unspecified atom stereocenters. The fourth-order valence-corrected chi connectivity index (χ4v) is 1.99. The second-order valence-corrected chi connectivity index (χ2v) is 4.11. The first-order chi connectivity index (χ1) is 7.09. The molecule has 1 aliphatic rings. The highest BCUT2D eigenvalue weighted by molar-refractivity contribution is 5.85. The van der Waals surface area contributed by atoms with Crippen LogP contribution in [-0.2, 0) is 4.79 Å². The van der Waals surface area contributed by atoms with Crippen molar-refractivity contribution < 1.29 is 13.6 Å². The van der Waals surface area contributed by atoms with Crippen LogP contribution in [0.2, 0.25) is 0 Å². The standard InChI is InChI=1S/C10H18F2N2O.ClH/c11-9(12)6-14-10(15)5-7-3-1-2-4-8(7)13;/h7-9H,1-6,13H2,(H,14,15);1H. The largest absolute Gasteiger partial charge is 0.350 e. The Morgan fingerprint density at radius 1 is 1.38 bits per heavy atom. The van der Waals surface area contributed by atoms with Gasteiger partial charge in [-0.2, -0.15) is 0 Å². The van der Waals surface area contributed by atoms with Crippen LogP contribution in [0.15, 0.2) is 0 Å². The number of nitrogens with one attached hydrogen (secondary N) is 1. The lowest BCUT2D eigenvalue weighted by atomic mass is 9.83. The van der Waals surface area contributed by atoms with Crippen molar-refractivity contribution in [1.29, 1.82) is 0 Å². The smallest absolute Gasteiger partial charge is 0.255 e. The third kappa shape index (κ3) is 5.61. The molecule has 0 saturated heterocycles. The maximum absolute atomic E-state index is 11.8. The molecule has 1 aliphatic carbocycles. The van der Waals surface area contributed by atoms with Crippen molar-refractivity contribution in [2.24, 2.45) is 11.7 Å². The monoisotopic (exact) mass is 256 g/mol. The van der Waals surface area contributed by atoms with Crippen molar-refractivity contribution >= 4 is 18.3 Å². The van der Waals surface area contributed by atoms with Crippen molar-refractivity contribution in [2.45, 2.75) is 44.6 Å². The van der Waals surface area contributed by atoms with Gasteiger partial charge in [-0.15, -0.1) is 12.4 Å². The predicted octanol–water partition coefficient (Wildman–Crippen LogP) is 1.70. The molecule has 6 heteroatoms. The van der Waals surface area contributed by atoms with E-state index in [9.17, 15) is 13.6 Å². The third-order valence-electron chi connectivity index (χ3n) is 2.87. The van der Waals surface area contributed by atoms with Crippen LogP contribution in [0, 0.1) is 5.92 Å². The second kappa shape index (κ2) is 7.79. The van der Waals surface area contributed by atoms with Crippen molar-refractivity contribution in [2.75, 3.05) is 6.54 Å². The maximum Gasteiger partial charge on any atom is 0.255 e. The van der Waals surface area contributed by atoms with E-state index < -0.39 is 13.0 Å². The van der Waals surface area contributed by atoms with Gasteiger partial charge in [0.2, 0.25) is 5.91 Å². The second-order valence-electron chi connectivity index (χ2n) is 4.11. The van der Waals surface area contributed by atoms with E-state index in [2.05, 4.69) is 5.32 Å². The lowest BCUT2D eigenvalue weighted by Gasteiger charge is -2.27. The first kappa shape index (κ1) is 15.6. The summed E-state index contributed by atoms with van der Waals surface area (Å²) in [5.41, 5.74) is 5.86. The summed E-state index contributed by atoms with van der Waals surface area (Å²) in [7, 11) is 0. The fraction of sp³-hybridized carbons (Fsp3) is 0.900. The van der Waals surface area contributed by atoms with E-state index in [1.54, 1.807) is 0 Å². The van der Waals surface area contributed by atoms with Crippen LogP contribution < -0.4 is 11.1 Å². The number of carbonyl (C=O) groups excluding carboxylic acids is 1. The summed E-state index contributed by atoms with van der Waals surface area (Å²) in [6, 6.07) is 0.0519. The molecule has 0 aliphatic heterocycles. The summed E-state index contributed by atoms with van der Waals surface area (Å²) in [6.45, 7) is -0.555. The molecule has 2 atom stereocenters. The predicted molar refractivity (Wildman–Crippen MR) is 60.8 cm³/mol. The highest BCUT2D eigenvalue weighted by Crippen LogP contribution is 2.25. The Kier molecular flexibility index (Phi) is 7.58. The molecule has 3 N–H and O–H groups in total. The minimum absolute atomic E-state index is 0. The van der Waals surface area contributed by atoms with Gasteiger partial charge in [-0.1, -0.05) is 12.8 Å². The molecule has 96 valence electrons. The van der Waals surface area contributed by atoms with Crippen LogP contribution in [0.3, 0.4) is 0 Å². The Labute approximate surface area is 101 Å². The van der Waals surface area contributed by atoms with Gasteiger partial charge in [0.05, 0.1) is 6.54 Å². The number of alkyl halides is 2. The number of carbonyl (C=O) groups is 1. The van der Waals surface area contributed by atoms with Gasteiger partial charge in [-0.3, -0.25) is 4.79 Å². The summed E-state index contributed by atoms with van der Waals surface area (Å²) in [5.74, 6) is -0.144. The molecule has 0 aromatic carbocycles. The summed E-state index contributed by atoms with van der Waals surface area (Å²) in [5, 5.41) is 2.21. The summed E-state index contributed by atoms with van der Waals surface area (Å²) in [4.78, 5) is 11.3. The number of rotatable bonds is 4. The number of hydrogen-bond donors (Lipinski definition) is 2. The molecule has 1 rings (SSSR count). The molecule has 1 fully saturated rings. The molecule has 1 amide bonds. The Balaban J connectivity index is 0.00000225. The minimum Gasteiger partial charge on any atom is -0.350 e. The van der Waals surface area contributed by atoms with Crippen LogP contribution in [-0.4, -0.2) is 24.9 Å². The molecule has 1 saturated carbocycles. The van der Waals surface area contributed by atoms with Gasteiger partial charge in [0.25, 0.3) is 6.43 Å². The SMILES string of the molecule is Cl.NC1CCCCC1CC(=O)NCC(F)F. The van der Waals surface area contributed by atoms with Gasteiger partial charge in [0, 0.05) is 12.5 Å². The van der Waals surface area contributed by atoms with Crippen LogP contribution in [0.4, 0.5) is 8.78 Å². The molecule has 16 heavy (non-hydrogen) atoms. The molecule has 0 heterocycles. The van der Waals surface area contributed by atoms with E-state index in [1.165, 1.54) is 0 Å². The number of amides is 1. The van der Waals surface area contributed by atoms with Gasteiger partial charge in [0.15, 0.2) is 0 Å². The topological polar surface area (TPSA) is 55.1 Å². The molecule has 3 nitrogen and oxygen atoms in total. The molecule has 0 radical (unpaired) electrons. The molecule has 0 spiro atoms. The van der Waals surface area contributed by atoms with Crippen LogP contribution in [0.25, 0.3) is 0 Å². The lowest BCUT2D eigenvalue weighted by Crippen LogP contribution is -2.38. The van der Waals surface area contributed by atoms with Gasteiger partial charge in [-0.25, -0.2) is 8.78 Å². The Morgan fingerprint density at radius 2 is 2.00 bits per heavy atom. The van der Waals surface area contributed by atoms with Gasteiger partial charge >= 0.3 is 0 Å². The Hall–Kier alpha value is -0.420. The van der Waals surface area contributed by atoms with Gasteiger partial charge in [-0.05, 0) is 18.8 Å². The fourth-order valence-electron chi connectivity index (χ4n) is 1.99. The zero-order valence-electron chi connectivity index (χ0n) is 9.12. The first-order valence-electron chi connectivity index (χ1n) is 5.40. The molecular formula is C10H19ClF2N2O. The van der Waals surface area contributed by atoms with Crippen molar-refractivity contribution in [1.82, 2.24) is 5.32 Å². The number of halogens is 3. The highest BCUT2D eigenvalue weighted by atomic mass is 35.5. The average molecular weight is 257 g/mol. The normalized spacial score (nSPS) is 25.0. The Bertz CT molecular complexity index is 217. The lowest BCUT2D eigenvalue weighted by molar-refractivity contribution is -0.123. The summed E-state index contributed by atoms with van der Waals surface area (Å²) < 4.78 is 23.6. The molecular weight excluding hydrogens is 238 g/mol. The van der Waals surface area contributed by atoms with E-state index in [0.717, 1.165) is 25.7 Å². The van der Waals surface area contributed by atoms with E-state index in [-0.39, 0.29) is 36.7 Å². The third-order valence-corrected chi connectivity index (χ3v) is 2.87. The van der Waals surface area contributed by atoms with Crippen molar-refractivity contribution in [3.05, 3.63) is 0 Å². The van der Waals surface area contributed by atoms with E-state index in [0.29, 0.717) is 0 Å². The molecule has 0 aromatic rings. The zero-order chi connectivity index (χ0) is 11.3. The average Bonchev–Trinajstić information content (AvgIpc) is 2.18. The highest BCUT2D eigenvalue weighted by Gasteiger charge is 2.24. The zero-order valence-corrected chi connectivity index (χ0v) is 9.94. The quantitative estimate of drug-likeness (QED) is 0.804. The summed E-state index contributed by atoms with van der Waals surface area (Å²) in [6.07, 6.45) is 1.87. The number of hydrogen-bond acceptors (Lipinski definition) is 2. The maximum atomic E-state index is 11.8. The van der Waals surface area contributed by atoms with E-state index in [1.807, 2.05) is 0 Å². The van der Waals surface area contributed by atoms with Crippen molar-refractivity contribution in [3.63, 3.8) is 0 Å². The van der Waals surface area contributed by atoms with Gasteiger partial charge in [0.1, 0.15) is 0 Å². The van der Waals surface area contributed by atoms with Crippen LogP contribution in [0.1, 0.15) is 32.1 Å². The first-order valence-corrected chi connectivity index (χ1v) is 5.40. The number of nitrogens with two attached hydrogens (primary N) is 1. The van der Waals surface area contributed by atoms with E-state index >= 15 is 0 Å². The van der Waals surface area contributed by atoms with Crippen LogP contribution in [0.5, 0.6) is 0 Å². The van der Waals surface area contributed by atoms with Crippen LogP contribution >= 0.6 is 12.4 Å². The van der Waals surface area contributed by atoms with E-state index in [4.69, 9.17) is 5.73 Å². The minimum atomic E-state index is -2.48.